The molecule has 2 amide bonds. The lowest BCUT2D eigenvalue weighted by atomic mass is 9.69. The van der Waals surface area contributed by atoms with Gasteiger partial charge in [0.1, 0.15) is 0 Å². The van der Waals surface area contributed by atoms with Crippen LogP contribution in [0.4, 0.5) is 4.79 Å². The van der Waals surface area contributed by atoms with Crippen LogP contribution in [0.15, 0.2) is 60.7 Å². The summed E-state index contributed by atoms with van der Waals surface area (Å²) in [6.07, 6.45) is 5.09. The molecule has 4 rings (SSSR count). The van der Waals surface area contributed by atoms with Crippen LogP contribution in [0, 0.1) is 0 Å². The van der Waals surface area contributed by atoms with Crippen LogP contribution in [0.2, 0.25) is 0 Å². The van der Waals surface area contributed by atoms with E-state index < -0.39 is 0 Å². The molecule has 1 N–H and O–H groups in total. The highest BCUT2D eigenvalue weighted by Gasteiger charge is 2.49. The second-order valence-electron chi connectivity index (χ2n) is 8.66. The first-order chi connectivity index (χ1) is 13.5. The van der Waals surface area contributed by atoms with Gasteiger partial charge in [-0.3, -0.25) is 4.90 Å². The first kappa shape index (κ1) is 19.0. The molecule has 1 saturated carbocycles. The van der Waals surface area contributed by atoms with Gasteiger partial charge in [0.05, 0.1) is 5.54 Å². The van der Waals surface area contributed by atoms with Crippen molar-refractivity contribution in [2.24, 2.45) is 0 Å². The van der Waals surface area contributed by atoms with E-state index in [0.29, 0.717) is 0 Å². The molecule has 4 heteroatoms. The van der Waals surface area contributed by atoms with Gasteiger partial charge in [-0.25, -0.2) is 4.79 Å². The molecular formula is C24H31N3O. The van der Waals surface area contributed by atoms with Gasteiger partial charge in [0.25, 0.3) is 0 Å². The predicted octanol–water partition coefficient (Wildman–Crippen LogP) is 4.02. The predicted molar refractivity (Wildman–Crippen MR) is 113 cm³/mol. The number of benzene rings is 2. The van der Waals surface area contributed by atoms with E-state index in [0.717, 1.165) is 45.2 Å². The molecule has 0 aromatic heterocycles. The van der Waals surface area contributed by atoms with Crippen molar-refractivity contribution in [3.63, 3.8) is 0 Å². The van der Waals surface area contributed by atoms with Gasteiger partial charge in [0.15, 0.2) is 0 Å². The zero-order valence-electron chi connectivity index (χ0n) is 17.0. The Labute approximate surface area is 168 Å². The molecule has 2 aromatic rings. The first-order valence-corrected chi connectivity index (χ1v) is 10.4. The minimum Gasteiger partial charge on any atom is -0.331 e. The molecule has 2 aliphatic rings. The highest BCUT2D eigenvalue weighted by molar-refractivity contribution is 5.78. The molecule has 1 aliphatic heterocycles. The van der Waals surface area contributed by atoms with Gasteiger partial charge in [0, 0.05) is 18.6 Å². The van der Waals surface area contributed by atoms with E-state index in [-0.39, 0.29) is 17.1 Å². The zero-order valence-corrected chi connectivity index (χ0v) is 17.0. The molecule has 148 valence electrons. The normalized spacial score (nSPS) is 27.4. The van der Waals surface area contributed by atoms with Crippen LogP contribution >= 0.6 is 0 Å². The lowest BCUT2D eigenvalue weighted by Gasteiger charge is -2.48. The van der Waals surface area contributed by atoms with E-state index in [1.54, 1.807) is 0 Å². The van der Waals surface area contributed by atoms with Gasteiger partial charge in [0.2, 0.25) is 0 Å². The number of hydrogen-bond acceptors (Lipinski definition) is 2. The number of nitrogens with one attached hydrogen (secondary N) is 1. The summed E-state index contributed by atoms with van der Waals surface area (Å²) < 4.78 is 0. The summed E-state index contributed by atoms with van der Waals surface area (Å²) in [5, 5.41) is 3.35. The summed E-state index contributed by atoms with van der Waals surface area (Å²) >= 11 is 0. The Hall–Kier alpha value is -2.33. The van der Waals surface area contributed by atoms with Crippen molar-refractivity contribution >= 4 is 6.03 Å². The first-order valence-electron chi connectivity index (χ1n) is 10.4. The summed E-state index contributed by atoms with van der Waals surface area (Å²) in [4.78, 5) is 17.0. The van der Waals surface area contributed by atoms with Crippen LogP contribution in [0.1, 0.15) is 36.8 Å². The summed E-state index contributed by atoms with van der Waals surface area (Å²) in [7, 11) is 4.37. The number of urea groups is 1. The van der Waals surface area contributed by atoms with E-state index in [4.69, 9.17) is 0 Å². The Bertz CT molecular complexity index is 795. The third-order valence-corrected chi connectivity index (χ3v) is 6.87. The number of amides is 2. The highest BCUT2D eigenvalue weighted by Crippen LogP contribution is 2.45. The van der Waals surface area contributed by atoms with Crippen LogP contribution < -0.4 is 5.32 Å². The fourth-order valence-corrected chi connectivity index (χ4v) is 5.04. The Morgan fingerprint density at radius 1 is 0.929 bits per heavy atom. The summed E-state index contributed by atoms with van der Waals surface area (Å²) in [5.74, 6) is 0. The van der Waals surface area contributed by atoms with Crippen LogP contribution in [0.3, 0.4) is 0 Å². The van der Waals surface area contributed by atoms with Crippen LogP contribution in [-0.4, -0.2) is 48.6 Å². The Kier molecular flexibility index (Phi) is 5.15. The van der Waals surface area contributed by atoms with Gasteiger partial charge < -0.3 is 10.2 Å². The standard InChI is InChI=1S/C24H31N3O/c1-26(2)24(21-11-7-4-8-12-21)16-14-23(15-17-24)19-27(22(28)25-23)18-13-20-9-5-3-6-10-20/h3-12H,13-19H2,1-2H3,(H,25,28). The molecule has 4 nitrogen and oxygen atoms in total. The SMILES string of the molecule is CN(C)C1(c2ccccc2)CCC2(CC1)CN(CCc1ccccc1)C(=O)N2. The van der Waals surface area contributed by atoms with Gasteiger partial charge in [-0.2, -0.15) is 0 Å². The summed E-state index contributed by atoms with van der Waals surface area (Å²) in [6, 6.07) is 21.4. The average molecular weight is 378 g/mol. The maximum atomic E-state index is 12.6. The topological polar surface area (TPSA) is 35.6 Å². The Morgan fingerprint density at radius 3 is 2.14 bits per heavy atom. The number of hydrogen-bond donors (Lipinski definition) is 1. The molecule has 1 saturated heterocycles. The molecule has 1 spiro atoms. The van der Waals surface area contributed by atoms with Crippen molar-refractivity contribution in [3.05, 3.63) is 71.8 Å². The molecule has 1 aliphatic carbocycles. The minimum atomic E-state index is -0.0674. The smallest absolute Gasteiger partial charge is 0.317 e. The molecule has 0 bridgehead atoms. The highest BCUT2D eigenvalue weighted by atomic mass is 16.2. The number of carbonyl (C=O) groups is 1. The quantitative estimate of drug-likeness (QED) is 0.854. The van der Waals surface area contributed by atoms with E-state index in [2.05, 4.69) is 78.9 Å². The third kappa shape index (κ3) is 3.53. The van der Waals surface area contributed by atoms with Gasteiger partial charge >= 0.3 is 6.03 Å². The molecule has 2 fully saturated rings. The second kappa shape index (κ2) is 7.59. The Morgan fingerprint density at radius 2 is 1.54 bits per heavy atom. The average Bonchev–Trinajstić information content (AvgIpc) is 3.03. The van der Waals surface area contributed by atoms with Crippen molar-refractivity contribution < 1.29 is 4.79 Å². The maximum absolute atomic E-state index is 12.6. The van der Waals surface area contributed by atoms with Crippen molar-refractivity contribution in [1.29, 1.82) is 0 Å². The second-order valence-corrected chi connectivity index (χ2v) is 8.66. The number of carbonyl (C=O) groups excluding carboxylic acids is 1. The van der Waals surface area contributed by atoms with Gasteiger partial charge in [-0.1, -0.05) is 60.7 Å². The molecule has 28 heavy (non-hydrogen) atoms. The molecule has 0 unspecified atom stereocenters. The number of nitrogens with zero attached hydrogens (tertiary/aromatic N) is 2. The summed E-state index contributed by atoms with van der Waals surface area (Å²) in [5.41, 5.74) is 2.67. The van der Waals surface area contributed by atoms with E-state index in [9.17, 15) is 4.79 Å². The van der Waals surface area contributed by atoms with E-state index in [1.165, 1.54) is 11.1 Å². The van der Waals surface area contributed by atoms with Crippen LogP contribution in [0.25, 0.3) is 0 Å². The zero-order chi connectivity index (χ0) is 19.6. The lowest BCUT2D eigenvalue weighted by molar-refractivity contribution is 0.0620. The molecule has 0 atom stereocenters. The largest absolute Gasteiger partial charge is 0.331 e. The van der Waals surface area contributed by atoms with Gasteiger partial charge in [-0.05, 0) is 57.3 Å². The molecular weight excluding hydrogens is 346 g/mol. The van der Waals surface area contributed by atoms with Crippen molar-refractivity contribution in [1.82, 2.24) is 15.1 Å². The van der Waals surface area contributed by atoms with Crippen molar-refractivity contribution in [2.75, 3.05) is 27.2 Å². The Balaban J connectivity index is 1.43. The van der Waals surface area contributed by atoms with E-state index >= 15 is 0 Å². The molecule has 0 radical (unpaired) electrons. The van der Waals surface area contributed by atoms with Gasteiger partial charge in [-0.15, -0.1) is 0 Å². The van der Waals surface area contributed by atoms with E-state index in [1.807, 2.05) is 11.0 Å². The van der Waals surface area contributed by atoms with Crippen LogP contribution in [-0.2, 0) is 12.0 Å². The fraction of sp³-hybridized carbons (Fsp3) is 0.458. The fourth-order valence-electron chi connectivity index (χ4n) is 5.04. The molecule has 1 heterocycles. The summed E-state index contributed by atoms with van der Waals surface area (Å²) in [6.45, 7) is 1.62. The lowest BCUT2D eigenvalue weighted by Crippen LogP contribution is -2.54. The van der Waals surface area contributed by atoms with Crippen LogP contribution in [0.5, 0.6) is 0 Å². The van der Waals surface area contributed by atoms with Crippen molar-refractivity contribution in [2.45, 2.75) is 43.2 Å². The molecule has 2 aromatic carbocycles. The maximum Gasteiger partial charge on any atom is 0.317 e. The monoisotopic (exact) mass is 377 g/mol. The number of rotatable bonds is 5. The minimum absolute atomic E-state index is 0.0642. The third-order valence-electron chi connectivity index (χ3n) is 6.87. The van der Waals surface area contributed by atoms with Crippen molar-refractivity contribution in [3.8, 4) is 0 Å².